The summed E-state index contributed by atoms with van der Waals surface area (Å²) in [5, 5.41) is 0. The van der Waals surface area contributed by atoms with Crippen LogP contribution in [0.3, 0.4) is 0 Å². The van der Waals surface area contributed by atoms with E-state index < -0.39 is 0 Å². The third kappa shape index (κ3) is 3.77. The first kappa shape index (κ1) is 23.6. The Kier molecular flexibility index (Phi) is 7.68. The van der Waals surface area contributed by atoms with Crippen molar-refractivity contribution in [3.63, 3.8) is 0 Å². The maximum Gasteiger partial charge on any atom is 0.0177 e. The second-order valence-corrected chi connectivity index (χ2v) is 6.99. The van der Waals surface area contributed by atoms with Crippen LogP contribution in [0.25, 0.3) is 16.7 Å². The van der Waals surface area contributed by atoms with Crippen LogP contribution in [0.2, 0.25) is 0 Å². The molecule has 0 aromatic heterocycles. The van der Waals surface area contributed by atoms with Gasteiger partial charge >= 0.3 is 0 Å². The normalized spacial score (nSPS) is 14.2. The summed E-state index contributed by atoms with van der Waals surface area (Å²) in [7, 11) is 0. The summed E-state index contributed by atoms with van der Waals surface area (Å²) in [6.07, 6.45) is 3.62. The monoisotopic (exact) mass is 581 g/mol. The van der Waals surface area contributed by atoms with E-state index >= 15 is 0 Å². The molecule has 29 heavy (non-hydrogen) atoms. The van der Waals surface area contributed by atoms with E-state index in [2.05, 4.69) is 98.4 Å². The fraction of sp³-hybridized carbons (Fsp3) is 0.0769. The number of benzene rings is 3. The number of allylic oxidation sites excluding steroid dienone is 5. The Bertz CT molecular complexity index is 1060. The van der Waals surface area contributed by atoms with Crippen LogP contribution in [0.1, 0.15) is 29.5 Å². The zero-order valence-corrected chi connectivity index (χ0v) is 21.2. The summed E-state index contributed by atoms with van der Waals surface area (Å²) in [4.78, 5) is 0. The first-order valence-corrected chi connectivity index (χ1v) is 9.03. The standard InChI is InChI=1S/C26H19.2ClH.Hf/c1-17-16-24(18(2)25(17)19-10-4-3-5-11-19)26-22-14-8-6-12-20(22)21-13-7-9-15-23(21)26;;;/h3-15,26H,1H2,2H3;2*1H;/q-1;;;/p-2. The summed E-state index contributed by atoms with van der Waals surface area (Å²) in [6.45, 7) is 6.52. The molecule has 0 atom stereocenters. The molecule has 2 aliphatic carbocycles. The van der Waals surface area contributed by atoms with E-state index in [0.29, 0.717) is 0 Å². The molecule has 0 saturated heterocycles. The smallest absolute Gasteiger partial charge is 0.0177 e. The molecule has 3 aromatic rings. The van der Waals surface area contributed by atoms with Crippen molar-refractivity contribution in [3.05, 3.63) is 125 Å². The molecule has 0 radical (unpaired) electrons. The molecule has 3 heteroatoms. The molecule has 0 bridgehead atoms. The van der Waals surface area contributed by atoms with E-state index in [1.165, 1.54) is 44.5 Å². The minimum atomic E-state index is 0. The van der Waals surface area contributed by atoms with Crippen molar-refractivity contribution in [1.82, 2.24) is 0 Å². The van der Waals surface area contributed by atoms with Crippen LogP contribution >= 0.6 is 0 Å². The number of fused-ring (bicyclic) bond motifs is 3. The van der Waals surface area contributed by atoms with E-state index in [1.54, 1.807) is 0 Å². The van der Waals surface area contributed by atoms with Gasteiger partial charge in [0.25, 0.3) is 0 Å². The summed E-state index contributed by atoms with van der Waals surface area (Å²) < 4.78 is 0. The average molecular weight is 581 g/mol. The third-order valence-electron chi connectivity index (χ3n) is 5.55. The van der Waals surface area contributed by atoms with Gasteiger partial charge in [0.1, 0.15) is 0 Å². The quantitative estimate of drug-likeness (QED) is 0.308. The minimum Gasteiger partial charge on any atom is -1.00 e. The molecule has 0 heterocycles. The van der Waals surface area contributed by atoms with Gasteiger partial charge in [0.05, 0.1) is 0 Å². The van der Waals surface area contributed by atoms with Gasteiger partial charge in [-0.1, -0.05) is 91.3 Å². The van der Waals surface area contributed by atoms with Crippen molar-refractivity contribution in [3.8, 4) is 11.1 Å². The van der Waals surface area contributed by atoms with Crippen LogP contribution in [-0.2, 0) is 25.8 Å². The van der Waals surface area contributed by atoms with Gasteiger partial charge in [-0.15, -0.1) is 17.2 Å². The maximum atomic E-state index is 4.31. The van der Waals surface area contributed by atoms with E-state index in [9.17, 15) is 0 Å². The van der Waals surface area contributed by atoms with Gasteiger partial charge < -0.3 is 24.8 Å². The van der Waals surface area contributed by atoms with Crippen molar-refractivity contribution in [1.29, 1.82) is 0 Å². The first-order chi connectivity index (χ1) is 12.8. The average Bonchev–Trinajstić information content (AvgIpc) is 3.16. The molecular formula is C26H19Cl2Hf-3. The van der Waals surface area contributed by atoms with Gasteiger partial charge in [0.2, 0.25) is 0 Å². The molecule has 0 amide bonds. The Morgan fingerprint density at radius 2 is 1.21 bits per heavy atom. The topological polar surface area (TPSA) is 0 Å². The van der Waals surface area contributed by atoms with Crippen molar-refractivity contribution in [2.24, 2.45) is 0 Å². The van der Waals surface area contributed by atoms with Crippen LogP contribution in [0.5, 0.6) is 0 Å². The fourth-order valence-corrected chi connectivity index (χ4v) is 4.43. The second-order valence-electron chi connectivity index (χ2n) is 6.99. The molecule has 0 fully saturated rings. The molecule has 2 aliphatic rings. The molecule has 0 unspecified atom stereocenters. The van der Waals surface area contributed by atoms with Crippen LogP contribution in [0.4, 0.5) is 0 Å². The van der Waals surface area contributed by atoms with Gasteiger partial charge in [0, 0.05) is 31.8 Å². The number of hydrogen-bond donors (Lipinski definition) is 0. The summed E-state index contributed by atoms with van der Waals surface area (Å²) in [5.41, 5.74) is 11.4. The Hall–Kier alpha value is -1.67. The van der Waals surface area contributed by atoms with E-state index in [4.69, 9.17) is 0 Å². The molecule has 3 aromatic carbocycles. The molecule has 144 valence electrons. The second kappa shape index (κ2) is 9.43. The summed E-state index contributed by atoms with van der Waals surface area (Å²) in [6, 6.07) is 28.0. The maximum absolute atomic E-state index is 4.31. The number of hydrogen-bond acceptors (Lipinski definition) is 0. The molecule has 0 spiro atoms. The van der Waals surface area contributed by atoms with Gasteiger partial charge in [-0.2, -0.15) is 17.7 Å². The number of halogens is 2. The molecule has 5 rings (SSSR count). The molecule has 0 nitrogen and oxygen atoms in total. The van der Waals surface area contributed by atoms with Crippen molar-refractivity contribution >= 4 is 5.57 Å². The Morgan fingerprint density at radius 3 is 1.76 bits per heavy atom. The molecule has 0 saturated carbocycles. The van der Waals surface area contributed by atoms with Gasteiger partial charge in [-0.25, -0.2) is 0 Å². The van der Waals surface area contributed by atoms with E-state index in [-0.39, 0.29) is 56.6 Å². The van der Waals surface area contributed by atoms with Crippen LogP contribution < -0.4 is 24.8 Å². The van der Waals surface area contributed by atoms with Crippen LogP contribution in [0, 0.1) is 6.08 Å². The summed E-state index contributed by atoms with van der Waals surface area (Å²) in [5.74, 6) is 0.236. The van der Waals surface area contributed by atoms with E-state index in [0.717, 1.165) is 5.57 Å². The number of rotatable bonds is 2. The fourth-order valence-electron chi connectivity index (χ4n) is 4.43. The SMILES string of the molecule is C=C1[C-]=C(C2c3ccccc3-c3ccccc32)C(C)=C1c1ccccc1.[Cl-].[Cl-].[Hf]. The van der Waals surface area contributed by atoms with Gasteiger partial charge in [0.15, 0.2) is 0 Å². The largest absolute Gasteiger partial charge is 1.00 e. The molecular weight excluding hydrogens is 562 g/mol. The van der Waals surface area contributed by atoms with Crippen molar-refractivity contribution < 1.29 is 50.7 Å². The van der Waals surface area contributed by atoms with Crippen LogP contribution in [0.15, 0.2) is 102 Å². The summed E-state index contributed by atoms with van der Waals surface area (Å²) >= 11 is 0. The van der Waals surface area contributed by atoms with Crippen molar-refractivity contribution in [2.45, 2.75) is 12.8 Å². The third-order valence-corrected chi connectivity index (χ3v) is 5.55. The molecule has 0 aliphatic heterocycles. The zero-order chi connectivity index (χ0) is 17.7. The predicted molar refractivity (Wildman–Crippen MR) is 109 cm³/mol. The Labute approximate surface area is 204 Å². The Morgan fingerprint density at radius 1 is 0.724 bits per heavy atom. The zero-order valence-electron chi connectivity index (χ0n) is 16.0. The minimum absolute atomic E-state index is 0. The Balaban J connectivity index is 0.000001000. The van der Waals surface area contributed by atoms with Gasteiger partial charge in [-0.3, -0.25) is 0 Å². The van der Waals surface area contributed by atoms with Gasteiger partial charge in [-0.05, 0) is 22.3 Å². The van der Waals surface area contributed by atoms with Crippen LogP contribution in [-0.4, -0.2) is 0 Å². The first-order valence-electron chi connectivity index (χ1n) is 9.03. The van der Waals surface area contributed by atoms with Crippen molar-refractivity contribution in [2.75, 3.05) is 0 Å². The molecule has 0 N–H and O–H groups in total. The predicted octanol–water partition coefficient (Wildman–Crippen LogP) is 0.577. The van der Waals surface area contributed by atoms with E-state index in [1.807, 2.05) is 0 Å².